The van der Waals surface area contributed by atoms with Crippen LogP contribution in [0.2, 0.25) is 0 Å². The van der Waals surface area contributed by atoms with Gasteiger partial charge in [-0.05, 0) is 6.07 Å². The molecular formula is C15H19N3O4. The summed E-state index contributed by atoms with van der Waals surface area (Å²) in [5.74, 6) is 0.397. The second-order valence-electron chi connectivity index (χ2n) is 5.42. The smallest absolute Gasteiger partial charge is 0.254 e. The fraction of sp³-hybridized carbons (Fsp3) is 0.533. The number of hydrogen-bond acceptors (Lipinski definition) is 5. The lowest BCUT2D eigenvalue weighted by molar-refractivity contribution is -0.119. The zero-order chi connectivity index (χ0) is 15.4. The number of carbonyl (C=O) groups is 2. The first-order chi connectivity index (χ1) is 10.8. The van der Waals surface area contributed by atoms with E-state index in [-0.39, 0.29) is 12.0 Å². The van der Waals surface area contributed by atoms with E-state index in [0.717, 1.165) is 12.8 Å². The van der Waals surface area contributed by atoms with Gasteiger partial charge in [-0.2, -0.15) is 0 Å². The standard InChI is InChI=1S/C15H19N3O4/c19-11-17-4-6-18(7-5-17)15(20)12-1-3-16-14(9-12)22-13-2-8-21-10-13/h1,3,9,11,13H,2,4-8,10H2. The lowest BCUT2D eigenvalue weighted by Gasteiger charge is -2.32. The summed E-state index contributed by atoms with van der Waals surface area (Å²) in [5, 5.41) is 0. The monoisotopic (exact) mass is 305 g/mol. The van der Waals surface area contributed by atoms with Crippen molar-refractivity contribution >= 4 is 12.3 Å². The third-order valence-corrected chi connectivity index (χ3v) is 3.91. The Morgan fingerprint density at radius 2 is 2.18 bits per heavy atom. The number of aromatic nitrogens is 1. The molecule has 118 valence electrons. The fourth-order valence-corrected chi connectivity index (χ4v) is 2.60. The maximum absolute atomic E-state index is 12.5. The summed E-state index contributed by atoms with van der Waals surface area (Å²) in [6.45, 7) is 3.50. The Balaban J connectivity index is 1.63. The van der Waals surface area contributed by atoms with Crippen LogP contribution < -0.4 is 4.74 Å². The van der Waals surface area contributed by atoms with Gasteiger partial charge in [0.2, 0.25) is 12.3 Å². The molecule has 0 spiro atoms. The zero-order valence-corrected chi connectivity index (χ0v) is 12.3. The molecule has 0 bridgehead atoms. The first-order valence-electron chi connectivity index (χ1n) is 7.45. The predicted molar refractivity (Wildman–Crippen MR) is 77.6 cm³/mol. The molecule has 0 radical (unpaired) electrons. The minimum atomic E-state index is -0.0551. The number of pyridine rings is 1. The minimum Gasteiger partial charge on any atom is -0.472 e. The molecule has 0 aromatic carbocycles. The molecular weight excluding hydrogens is 286 g/mol. The van der Waals surface area contributed by atoms with E-state index in [1.165, 1.54) is 0 Å². The predicted octanol–water partition coefficient (Wildman–Crippen LogP) is 0.163. The summed E-state index contributed by atoms with van der Waals surface area (Å²) in [7, 11) is 0. The van der Waals surface area contributed by atoms with E-state index in [1.807, 2.05) is 0 Å². The number of ether oxygens (including phenoxy) is 2. The summed E-state index contributed by atoms with van der Waals surface area (Å²) < 4.78 is 11.0. The highest BCUT2D eigenvalue weighted by molar-refractivity contribution is 5.94. The molecule has 0 N–H and O–H groups in total. The van der Waals surface area contributed by atoms with Gasteiger partial charge >= 0.3 is 0 Å². The number of piperazine rings is 1. The van der Waals surface area contributed by atoms with E-state index in [2.05, 4.69) is 4.98 Å². The van der Waals surface area contributed by atoms with Gasteiger partial charge in [0.15, 0.2) is 0 Å². The average molecular weight is 305 g/mol. The third kappa shape index (κ3) is 3.36. The molecule has 1 aromatic heterocycles. The van der Waals surface area contributed by atoms with Crippen molar-refractivity contribution in [1.29, 1.82) is 0 Å². The van der Waals surface area contributed by atoms with Gasteiger partial charge in [-0.1, -0.05) is 0 Å². The Morgan fingerprint density at radius 1 is 1.36 bits per heavy atom. The summed E-state index contributed by atoms with van der Waals surface area (Å²) in [6.07, 6.45) is 3.26. The molecule has 3 heterocycles. The SMILES string of the molecule is O=CN1CCN(C(=O)c2ccnc(OC3CCOC3)c2)CC1. The average Bonchev–Trinajstić information content (AvgIpc) is 3.07. The molecule has 7 nitrogen and oxygen atoms in total. The molecule has 1 aromatic rings. The van der Waals surface area contributed by atoms with Crippen LogP contribution in [0.5, 0.6) is 5.88 Å². The minimum absolute atomic E-state index is 0.00832. The summed E-state index contributed by atoms with van der Waals surface area (Å²) >= 11 is 0. The van der Waals surface area contributed by atoms with E-state index < -0.39 is 0 Å². The summed E-state index contributed by atoms with van der Waals surface area (Å²) in [4.78, 5) is 30.8. The van der Waals surface area contributed by atoms with Gasteiger partial charge in [0.25, 0.3) is 5.91 Å². The third-order valence-electron chi connectivity index (χ3n) is 3.91. The van der Waals surface area contributed by atoms with Gasteiger partial charge in [-0.15, -0.1) is 0 Å². The Bertz CT molecular complexity index is 537. The normalized spacial score (nSPS) is 21.7. The van der Waals surface area contributed by atoms with Gasteiger partial charge in [0.05, 0.1) is 13.2 Å². The van der Waals surface area contributed by atoms with Crippen LogP contribution in [-0.2, 0) is 9.53 Å². The van der Waals surface area contributed by atoms with Crippen LogP contribution in [-0.4, -0.2) is 72.6 Å². The molecule has 2 aliphatic heterocycles. The van der Waals surface area contributed by atoms with Crippen molar-refractivity contribution in [3.63, 3.8) is 0 Å². The highest BCUT2D eigenvalue weighted by Crippen LogP contribution is 2.17. The van der Waals surface area contributed by atoms with Crippen LogP contribution in [0.15, 0.2) is 18.3 Å². The maximum atomic E-state index is 12.5. The van der Waals surface area contributed by atoms with E-state index in [9.17, 15) is 9.59 Å². The van der Waals surface area contributed by atoms with Crippen molar-refractivity contribution in [1.82, 2.24) is 14.8 Å². The number of hydrogen-bond donors (Lipinski definition) is 0. The van der Waals surface area contributed by atoms with Crippen molar-refractivity contribution in [2.24, 2.45) is 0 Å². The number of amides is 2. The van der Waals surface area contributed by atoms with Gasteiger partial charge < -0.3 is 19.3 Å². The fourth-order valence-electron chi connectivity index (χ4n) is 2.60. The molecule has 0 saturated carbocycles. The van der Waals surface area contributed by atoms with E-state index >= 15 is 0 Å². The second kappa shape index (κ2) is 6.74. The van der Waals surface area contributed by atoms with Gasteiger partial charge in [-0.3, -0.25) is 9.59 Å². The molecule has 3 rings (SSSR count). The van der Waals surface area contributed by atoms with Gasteiger partial charge in [0, 0.05) is 50.4 Å². The summed E-state index contributed by atoms with van der Waals surface area (Å²) in [5.41, 5.74) is 0.559. The molecule has 2 saturated heterocycles. The van der Waals surface area contributed by atoms with Crippen molar-refractivity contribution in [3.05, 3.63) is 23.9 Å². The molecule has 7 heteroatoms. The summed E-state index contributed by atoms with van der Waals surface area (Å²) in [6, 6.07) is 3.36. The Kier molecular flexibility index (Phi) is 4.53. The van der Waals surface area contributed by atoms with Crippen LogP contribution in [0.25, 0.3) is 0 Å². The Morgan fingerprint density at radius 3 is 2.86 bits per heavy atom. The topological polar surface area (TPSA) is 72.0 Å². The highest BCUT2D eigenvalue weighted by Gasteiger charge is 2.23. The molecule has 1 unspecified atom stereocenters. The number of rotatable bonds is 4. The highest BCUT2D eigenvalue weighted by atomic mass is 16.5. The maximum Gasteiger partial charge on any atom is 0.254 e. The van der Waals surface area contributed by atoms with Gasteiger partial charge in [0.1, 0.15) is 6.10 Å². The molecule has 2 aliphatic rings. The number of carbonyl (C=O) groups excluding carboxylic acids is 2. The molecule has 2 amide bonds. The van der Waals surface area contributed by atoms with Crippen LogP contribution >= 0.6 is 0 Å². The van der Waals surface area contributed by atoms with Crippen molar-refractivity contribution in [3.8, 4) is 5.88 Å². The van der Waals surface area contributed by atoms with Crippen molar-refractivity contribution in [2.45, 2.75) is 12.5 Å². The molecule has 22 heavy (non-hydrogen) atoms. The lowest BCUT2D eigenvalue weighted by Crippen LogP contribution is -2.48. The van der Waals surface area contributed by atoms with Crippen LogP contribution in [0.4, 0.5) is 0 Å². The van der Waals surface area contributed by atoms with Crippen molar-refractivity contribution in [2.75, 3.05) is 39.4 Å². The quantitative estimate of drug-likeness (QED) is 0.741. The lowest BCUT2D eigenvalue weighted by atomic mass is 10.2. The molecule has 2 fully saturated rings. The Hall–Kier alpha value is -2.15. The second-order valence-corrected chi connectivity index (χ2v) is 5.42. The molecule has 0 aliphatic carbocycles. The van der Waals surface area contributed by atoms with Crippen molar-refractivity contribution < 1.29 is 19.1 Å². The van der Waals surface area contributed by atoms with E-state index in [0.29, 0.717) is 50.8 Å². The number of nitrogens with zero attached hydrogens (tertiary/aromatic N) is 3. The van der Waals surface area contributed by atoms with Crippen LogP contribution in [0, 0.1) is 0 Å². The largest absolute Gasteiger partial charge is 0.472 e. The Labute approximate surface area is 128 Å². The van der Waals surface area contributed by atoms with E-state index in [1.54, 1.807) is 28.1 Å². The van der Waals surface area contributed by atoms with Crippen LogP contribution in [0.1, 0.15) is 16.8 Å². The van der Waals surface area contributed by atoms with Gasteiger partial charge in [-0.25, -0.2) is 4.98 Å². The first kappa shape index (κ1) is 14.8. The molecule has 1 atom stereocenters. The van der Waals surface area contributed by atoms with Crippen LogP contribution in [0.3, 0.4) is 0 Å². The first-order valence-corrected chi connectivity index (χ1v) is 7.45. The van der Waals surface area contributed by atoms with E-state index in [4.69, 9.17) is 9.47 Å². The zero-order valence-electron chi connectivity index (χ0n) is 12.3.